The smallest absolute Gasteiger partial charge is 0.229 e. The maximum Gasteiger partial charge on any atom is 0.229 e. The lowest BCUT2D eigenvalue weighted by atomic mass is 10.1. The summed E-state index contributed by atoms with van der Waals surface area (Å²) in [7, 11) is 0. The Morgan fingerprint density at radius 2 is 1.73 bits per heavy atom. The summed E-state index contributed by atoms with van der Waals surface area (Å²) in [5, 5.41) is 5.09. The molecule has 3 aromatic carbocycles. The number of rotatable bonds is 3. The van der Waals surface area contributed by atoms with Gasteiger partial charge in [0.05, 0.1) is 5.92 Å². The van der Waals surface area contributed by atoms with Gasteiger partial charge in [-0.15, -0.1) is 0 Å². The van der Waals surface area contributed by atoms with Crippen LogP contribution < -0.4 is 10.2 Å². The van der Waals surface area contributed by atoms with Crippen molar-refractivity contribution in [1.29, 1.82) is 0 Å². The average Bonchev–Trinajstić information content (AvgIpc) is 3.05. The van der Waals surface area contributed by atoms with E-state index in [1.54, 1.807) is 4.90 Å². The zero-order valence-corrected chi connectivity index (χ0v) is 14.6. The van der Waals surface area contributed by atoms with Crippen LogP contribution >= 0.6 is 0 Å². The number of benzene rings is 3. The first-order chi connectivity index (χ1) is 12.6. The fourth-order valence-corrected chi connectivity index (χ4v) is 3.43. The van der Waals surface area contributed by atoms with Crippen LogP contribution in [0.3, 0.4) is 0 Å². The molecular weight excluding hydrogens is 324 g/mol. The van der Waals surface area contributed by atoms with Crippen LogP contribution in [0.2, 0.25) is 0 Å². The first-order valence-corrected chi connectivity index (χ1v) is 8.77. The van der Waals surface area contributed by atoms with E-state index in [0.717, 1.165) is 27.7 Å². The minimum atomic E-state index is -0.345. The summed E-state index contributed by atoms with van der Waals surface area (Å²) in [6.45, 7) is 2.43. The standard InChI is InChI=1S/C22H20N2O2/c1-15-9-11-18(12-10-15)24-14-17(13-21(24)25)22(26)23-20-8-4-6-16-5-2-3-7-19(16)20/h2-12,17H,13-14H2,1H3,(H,23,26). The second-order valence-electron chi connectivity index (χ2n) is 6.76. The molecule has 4 rings (SSSR count). The van der Waals surface area contributed by atoms with Crippen LogP contribution in [0.15, 0.2) is 66.7 Å². The van der Waals surface area contributed by atoms with E-state index in [0.29, 0.717) is 6.54 Å². The molecule has 1 saturated heterocycles. The molecule has 1 N–H and O–H groups in total. The molecule has 26 heavy (non-hydrogen) atoms. The van der Waals surface area contributed by atoms with Crippen molar-refractivity contribution in [2.75, 3.05) is 16.8 Å². The number of nitrogens with one attached hydrogen (secondary N) is 1. The number of fused-ring (bicyclic) bond motifs is 1. The van der Waals surface area contributed by atoms with Crippen molar-refractivity contribution < 1.29 is 9.59 Å². The molecule has 0 bridgehead atoms. The summed E-state index contributed by atoms with van der Waals surface area (Å²) in [6, 6.07) is 21.6. The normalized spacial score (nSPS) is 16.9. The van der Waals surface area contributed by atoms with Gasteiger partial charge in [0.15, 0.2) is 0 Å². The van der Waals surface area contributed by atoms with Gasteiger partial charge in [0.25, 0.3) is 0 Å². The van der Waals surface area contributed by atoms with E-state index in [-0.39, 0.29) is 24.2 Å². The van der Waals surface area contributed by atoms with Crippen molar-refractivity contribution in [3.05, 3.63) is 72.3 Å². The van der Waals surface area contributed by atoms with Crippen molar-refractivity contribution in [3.63, 3.8) is 0 Å². The van der Waals surface area contributed by atoms with E-state index in [2.05, 4.69) is 5.32 Å². The monoisotopic (exact) mass is 344 g/mol. The van der Waals surface area contributed by atoms with Gasteiger partial charge < -0.3 is 10.2 Å². The van der Waals surface area contributed by atoms with Gasteiger partial charge in [0.2, 0.25) is 11.8 Å². The molecular formula is C22H20N2O2. The molecule has 3 aromatic rings. The first-order valence-electron chi connectivity index (χ1n) is 8.77. The van der Waals surface area contributed by atoms with E-state index in [4.69, 9.17) is 0 Å². The summed E-state index contributed by atoms with van der Waals surface area (Å²) >= 11 is 0. The first kappa shape index (κ1) is 16.3. The number of amides is 2. The van der Waals surface area contributed by atoms with Crippen LogP contribution in [0.4, 0.5) is 11.4 Å². The van der Waals surface area contributed by atoms with Gasteiger partial charge in [-0.2, -0.15) is 0 Å². The van der Waals surface area contributed by atoms with Crippen LogP contribution in [0.5, 0.6) is 0 Å². The lowest BCUT2D eigenvalue weighted by Gasteiger charge is -2.17. The quantitative estimate of drug-likeness (QED) is 0.776. The third-order valence-corrected chi connectivity index (χ3v) is 4.89. The fraction of sp³-hybridized carbons (Fsp3) is 0.182. The molecule has 1 fully saturated rings. The molecule has 130 valence electrons. The maximum absolute atomic E-state index is 12.7. The Bertz CT molecular complexity index is 974. The van der Waals surface area contributed by atoms with Gasteiger partial charge >= 0.3 is 0 Å². The van der Waals surface area contributed by atoms with Gasteiger partial charge in [0.1, 0.15) is 0 Å². The topological polar surface area (TPSA) is 49.4 Å². The lowest BCUT2D eigenvalue weighted by molar-refractivity contribution is -0.122. The zero-order chi connectivity index (χ0) is 18.1. The van der Waals surface area contributed by atoms with Crippen molar-refractivity contribution in [3.8, 4) is 0 Å². The van der Waals surface area contributed by atoms with Gasteiger partial charge in [-0.25, -0.2) is 0 Å². The van der Waals surface area contributed by atoms with Gasteiger partial charge in [-0.05, 0) is 30.5 Å². The van der Waals surface area contributed by atoms with Gasteiger partial charge in [-0.1, -0.05) is 54.1 Å². The number of nitrogens with zero attached hydrogens (tertiary/aromatic N) is 1. The van der Waals surface area contributed by atoms with Crippen LogP contribution in [-0.2, 0) is 9.59 Å². The number of carbonyl (C=O) groups excluding carboxylic acids is 2. The van der Waals surface area contributed by atoms with Crippen LogP contribution in [0.1, 0.15) is 12.0 Å². The van der Waals surface area contributed by atoms with Gasteiger partial charge in [0, 0.05) is 29.7 Å². The SMILES string of the molecule is Cc1ccc(N2CC(C(=O)Nc3cccc4ccccc34)CC2=O)cc1. The second kappa shape index (κ2) is 6.64. The van der Waals surface area contributed by atoms with E-state index in [1.807, 2.05) is 73.7 Å². The molecule has 4 heteroatoms. The number of hydrogen-bond donors (Lipinski definition) is 1. The molecule has 0 spiro atoms. The van der Waals surface area contributed by atoms with Gasteiger partial charge in [-0.3, -0.25) is 9.59 Å². The highest BCUT2D eigenvalue weighted by molar-refractivity contribution is 6.07. The Balaban J connectivity index is 1.52. The molecule has 1 heterocycles. The Morgan fingerprint density at radius 1 is 1.00 bits per heavy atom. The molecule has 1 aliphatic heterocycles. The number of carbonyl (C=O) groups is 2. The van der Waals surface area contributed by atoms with Crippen molar-refractivity contribution >= 4 is 34.0 Å². The summed E-state index contributed by atoms with van der Waals surface area (Å²) < 4.78 is 0. The highest BCUT2D eigenvalue weighted by Crippen LogP contribution is 2.28. The summed E-state index contributed by atoms with van der Waals surface area (Å²) in [5.74, 6) is -0.459. The Labute approximate surface area is 152 Å². The Hall–Kier alpha value is -3.14. The number of aryl methyl sites for hydroxylation is 1. The molecule has 2 amide bonds. The highest BCUT2D eigenvalue weighted by Gasteiger charge is 2.35. The van der Waals surface area contributed by atoms with E-state index >= 15 is 0 Å². The summed E-state index contributed by atoms with van der Waals surface area (Å²) in [6.07, 6.45) is 0.241. The predicted molar refractivity (Wildman–Crippen MR) is 104 cm³/mol. The largest absolute Gasteiger partial charge is 0.325 e. The van der Waals surface area contributed by atoms with Crippen molar-refractivity contribution in [2.24, 2.45) is 5.92 Å². The Morgan fingerprint density at radius 3 is 2.54 bits per heavy atom. The molecule has 1 aliphatic rings. The molecule has 0 aromatic heterocycles. The third kappa shape index (κ3) is 3.06. The zero-order valence-electron chi connectivity index (χ0n) is 14.6. The molecule has 0 saturated carbocycles. The Kier molecular flexibility index (Phi) is 4.17. The molecule has 0 radical (unpaired) electrons. The minimum absolute atomic E-state index is 0.00748. The summed E-state index contributed by atoms with van der Waals surface area (Å²) in [4.78, 5) is 26.8. The van der Waals surface area contributed by atoms with Crippen molar-refractivity contribution in [1.82, 2.24) is 0 Å². The highest BCUT2D eigenvalue weighted by atomic mass is 16.2. The van der Waals surface area contributed by atoms with Crippen molar-refractivity contribution in [2.45, 2.75) is 13.3 Å². The second-order valence-corrected chi connectivity index (χ2v) is 6.76. The maximum atomic E-state index is 12.7. The van der Waals surface area contributed by atoms with Crippen LogP contribution in [0, 0.1) is 12.8 Å². The molecule has 4 nitrogen and oxygen atoms in total. The number of hydrogen-bond acceptors (Lipinski definition) is 2. The van der Waals surface area contributed by atoms with Crippen LogP contribution in [-0.4, -0.2) is 18.4 Å². The average molecular weight is 344 g/mol. The fourth-order valence-electron chi connectivity index (χ4n) is 3.43. The lowest BCUT2D eigenvalue weighted by Crippen LogP contribution is -2.28. The number of anilines is 2. The summed E-state index contributed by atoms with van der Waals surface area (Å²) in [5.41, 5.74) is 2.78. The van der Waals surface area contributed by atoms with E-state index in [1.165, 1.54) is 0 Å². The van der Waals surface area contributed by atoms with E-state index in [9.17, 15) is 9.59 Å². The van der Waals surface area contributed by atoms with Crippen LogP contribution in [0.25, 0.3) is 10.8 Å². The molecule has 0 aliphatic carbocycles. The third-order valence-electron chi connectivity index (χ3n) is 4.89. The molecule has 1 atom stereocenters. The minimum Gasteiger partial charge on any atom is -0.325 e. The predicted octanol–water partition coefficient (Wildman–Crippen LogP) is 4.14. The molecule has 1 unspecified atom stereocenters. The van der Waals surface area contributed by atoms with E-state index < -0.39 is 0 Å².